The van der Waals surface area contributed by atoms with Gasteiger partial charge in [-0.15, -0.1) is 0 Å². The van der Waals surface area contributed by atoms with Crippen LogP contribution in [0.15, 0.2) is 17.7 Å². The summed E-state index contributed by atoms with van der Waals surface area (Å²) in [5.41, 5.74) is 0.466. The second-order valence-electron chi connectivity index (χ2n) is 11.4. The van der Waals surface area contributed by atoms with E-state index in [1.165, 1.54) is 24.3 Å². The van der Waals surface area contributed by atoms with E-state index in [4.69, 9.17) is 9.94 Å². The van der Waals surface area contributed by atoms with Crippen molar-refractivity contribution in [2.45, 2.75) is 88.9 Å². The van der Waals surface area contributed by atoms with Gasteiger partial charge in [-0.05, 0) is 25.2 Å². The highest BCUT2D eigenvalue weighted by Gasteiger charge is 2.36. The van der Waals surface area contributed by atoms with Crippen LogP contribution in [0.5, 0.6) is 0 Å². The molecular weight excluding hydrogens is 624 g/mol. The van der Waals surface area contributed by atoms with Gasteiger partial charge in [-0.1, -0.05) is 19.0 Å². The molecule has 1 aliphatic heterocycles. The lowest BCUT2D eigenvalue weighted by Crippen LogP contribution is -2.59. The summed E-state index contributed by atoms with van der Waals surface area (Å²) in [4.78, 5) is 77.5. The van der Waals surface area contributed by atoms with Crippen molar-refractivity contribution >= 4 is 35.8 Å². The SMILES string of the molecule is CC(=O)N1CCC[C@H]1C(=O)N[C@@H](CC(C)C)C(=O)NC(Cc1cnc[nH]1)C(=O)N[C@@H](CO)C(=O)NCO/N=C/C(O)C(O)C(O)CO. The highest BCUT2D eigenvalue weighted by Crippen LogP contribution is 2.18. The fraction of sp³-hybridized carbons (Fsp3) is 0.679. The van der Waals surface area contributed by atoms with E-state index in [0.717, 1.165) is 0 Å². The van der Waals surface area contributed by atoms with Gasteiger partial charge in [-0.3, -0.25) is 24.0 Å². The minimum atomic E-state index is -1.74. The smallest absolute Gasteiger partial charge is 0.247 e. The minimum absolute atomic E-state index is 0.0343. The van der Waals surface area contributed by atoms with Crippen molar-refractivity contribution in [1.82, 2.24) is 36.1 Å². The number of rotatable bonds is 19. The molecule has 5 amide bonds. The summed E-state index contributed by atoms with van der Waals surface area (Å²) in [7, 11) is 0. The Morgan fingerprint density at radius 3 is 2.32 bits per heavy atom. The van der Waals surface area contributed by atoms with Crippen molar-refractivity contribution in [3.63, 3.8) is 0 Å². The van der Waals surface area contributed by atoms with Crippen LogP contribution < -0.4 is 21.3 Å². The summed E-state index contributed by atoms with van der Waals surface area (Å²) in [5.74, 6) is -3.17. The van der Waals surface area contributed by atoms with Crippen molar-refractivity contribution < 1.29 is 54.3 Å². The largest absolute Gasteiger partial charge is 0.394 e. The van der Waals surface area contributed by atoms with Crippen LogP contribution in [0.3, 0.4) is 0 Å². The first-order chi connectivity index (χ1) is 22.3. The summed E-state index contributed by atoms with van der Waals surface area (Å²) in [6.45, 7) is 3.28. The van der Waals surface area contributed by atoms with Gasteiger partial charge in [0, 0.05) is 31.8 Å². The van der Waals surface area contributed by atoms with E-state index in [-0.39, 0.29) is 24.7 Å². The molecule has 1 aliphatic rings. The molecule has 1 fully saturated rings. The average molecular weight is 671 g/mol. The second kappa shape index (κ2) is 19.5. The van der Waals surface area contributed by atoms with E-state index in [0.29, 0.717) is 31.3 Å². The molecule has 2 rings (SSSR count). The highest BCUT2D eigenvalue weighted by molar-refractivity contribution is 5.95. The van der Waals surface area contributed by atoms with E-state index in [2.05, 4.69) is 36.4 Å². The summed E-state index contributed by atoms with van der Waals surface area (Å²) in [5, 5.41) is 60.4. The van der Waals surface area contributed by atoms with Gasteiger partial charge in [-0.25, -0.2) is 4.98 Å². The van der Waals surface area contributed by atoms with E-state index in [1.54, 1.807) is 0 Å². The normalized spacial score (nSPS) is 18.6. The zero-order chi connectivity index (χ0) is 35.1. The van der Waals surface area contributed by atoms with Gasteiger partial charge in [0.15, 0.2) is 6.73 Å². The van der Waals surface area contributed by atoms with Gasteiger partial charge >= 0.3 is 0 Å². The van der Waals surface area contributed by atoms with Crippen molar-refractivity contribution in [2.75, 3.05) is 26.5 Å². The van der Waals surface area contributed by atoms with Crippen LogP contribution in [0.4, 0.5) is 0 Å². The maximum Gasteiger partial charge on any atom is 0.247 e. The number of aliphatic hydroxyl groups excluding tert-OH is 5. The number of nitrogens with zero attached hydrogens (tertiary/aromatic N) is 3. The molecule has 0 aliphatic carbocycles. The summed E-state index contributed by atoms with van der Waals surface area (Å²) in [6, 6.07) is -4.53. The van der Waals surface area contributed by atoms with E-state index in [1.807, 2.05) is 13.8 Å². The van der Waals surface area contributed by atoms with Crippen molar-refractivity contribution in [2.24, 2.45) is 11.1 Å². The standard InChI is InChI=1S/C28H46N8O11/c1-15(2)7-18(34-28(46)21-5-4-6-36(21)16(3)39)26(44)33-19(8-17-9-29-13-30-17)27(45)35-20(11-37)25(43)31-14-47-32-10-22(40)24(42)23(41)12-38/h9-10,13,15,18-24,37-38,40-42H,4-8,11-12,14H2,1-3H3,(H,29,30)(H,31,43)(H,33,44)(H,34,46)(H,35,45)/b32-10+/t18-,19?,20-,21-,22?,23?,24?/m0/s1. The molecule has 19 nitrogen and oxygen atoms in total. The molecule has 1 aromatic heterocycles. The van der Waals surface area contributed by atoms with Gasteiger partial charge in [0.05, 0.1) is 25.8 Å². The number of nitrogens with one attached hydrogen (secondary N) is 5. The maximum atomic E-state index is 13.5. The average Bonchev–Trinajstić information content (AvgIpc) is 3.74. The number of imidazole rings is 1. The third-order valence-corrected chi connectivity index (χ3v) is 7.26. The Hall–Kier alpha value is -4.17. The van der Waals surface area contributed by atoms with Crippen LogP contribution in [0, 0.1) is 5.92 Å². The number of hydrogen-bond acceptors (Lipinski definition) is 13. The molecule has 0 aromatic carbocycles. The molecule has 2 heterocycles. The Balaban J connectivity index is 2.07. The molecule has 0 radical (unpaired) electrons. The van der Waals surface area contributed by atoms with Gasteiger partial charge < -0.3 is 61.5 Å². The Labute approximate surface area is 271 Å². The van der Waals surface area contributed by atoms with E-state index in [9.17, 15) is 44.4 Å². The van der Waals surface area contributed by atoms with Gasteiger partial charge in [0.2, 0.25) is 29.5 Å². The third kappa shape index (κ3) is 12.5. The lowest BCUT2D eigenvalue weighted by molar-refractivity contribution is -0.138. The van der Waals surface area contributed by atoms with Crippen LogP contribution in [0.25, 0.3) is 0 Å². The molecule has 19 heteroatoms. The predicted octanol–water partition coefficient (Wildman–Crippen LogP) is -4.39. The quantitative estimate of drug-likeness (QED) is 0.0289. The van der Waals surface area contributed by atoms with Crippen LogP contribution in [-0.2, 0) is 35.2 Å². The Morgan fingerprint density at radius 1 is 1.04 bits per heavy atom. The fourth-order valence-corrected chi connectivity index (χ4v) is 4.74. The monoisotopic (exact) mass is 670 g/mol. The molecule has 264 valence electrons. The third-order valence-electron chi connectivity index (χ3n) is 7.26. The molecule has 0 spiro atoms. The van der Waals surface area contributed by atoms with Gasteiger partial charge in [-0.2, -0.15) is 0 Å². The summed E-state index contributed by atoms with van der Waals surface area (Å²) >= 11 is 0. The Kier molecular flexibility index (Phi) is 16.2. The van der Waals surface area contributed by atoms with Crippen LogP contribution in [0.1, 0.15) is 45.7 Å². The van der Waals surface area contributed by atoms with Crippen molar-refractivity contribution in [1.29, 1.82) is 0 Å². The molecule has 0 bridgehead atoms. The first-order valence-electron chi connectivity index (χ1n) is 15.1. The molecule has 1 aromatic rings. The van der Waals surface area contributed by atoms with Crippen LogP contribution >= 0.6 is 0 Å². The van der Waals surface area contributed by atoms with E-state index >= 15 is 0 Å². The van der Waals surface area contributed by atoms with E-state index < -0.39 is 86.1 Å². The Morgan fingerprint density at radius 2 is 1.72 bits per heavy atom. The number of oxime groups is 1. The number of H-pyrrole nitrogens is 1. The zero-order valence-electron chi connectivity index (χ0n) is 26.5. The van der Waals surface area contributed by atoms with Crippen LogP contribution in [-0.4, -0.2) is 145 Å². The molecule has 10 N–H and O–H groups in total. The number of amides is 5. The highest BCUT2D eigenvalue weighted by atomic mass is 16.6. The number of carbonyl (C=O) groups is 5. The van der Waals surface area contributed by atoms with Crippen LogP contribution in [0.2, 0.25) is 0 Å². The predicted molar refractivity (Wildman–Crippen MR) is 163 cm³/mol. The fourth-order valence-electron chi connectivity index (χ4n) is 4.74. The molecule has 4 unspecified atom stereocenters. The first kappa shape index (κ1) is 39.0. The summed E-state index contributed by atoms with van der Waals surface area (Å²) in [6.07, 6.45) is -0.293. The number of likely N-dealkylation sites (tertiary alicyclic amines) is 1. The van der Waals surface area contributed by atoms with Gasteiger partial charge in [0.25, 0.3) is 0 Å². The number of aromatic nitrogens is 2. The second-order valence-corrected chi connectivity index (χ2v) is 11.4. The van der Waals surface area contributed by atoms with Crippen molar-refractivity contribution in [3.05, 3.63) is 18.2 Å². The lowest BCUT2D eigenvalue weighted by Gasteiger charge is -2.28. The maximum absolute atomic E-state index is 13.5. The first-order valence-corrected chi connectivity index (χ1v) is 15.1. The molecule has 0 saturated carbocycles. The number of carbonyl (C=O) groups excluding carboxylic acids is 5. The Bertz CT molecular complexity index is 1200. The lowest BCUT2D eigenvalue weighted by atomic mass is 10.0. The number of aromatic amines is 1. The minimum Gasteiger partial charge on any atom is -0.394 e. The van der Waals surface area contributed by atoms with Gasteiger partial charge in [0.1, 0.15) is 42.5 Å². The number of aliphatic hydroxyl groups is 5. The number of hydrogen-bond donors (Lipinski definition) is 10. The summed E-state index contributed by atoms with van der Waals surface area (Å²) < 4.78 is 0. The molecule has 47 heavy (non-hydrogen) atoms. The molecule has 1 saturated heterocycles. The molecular formula is C28H46N8O11. The topological polar surface area (TPSA) is 288 Å². The molecule has 7 atom stereocenters. The van der Waals surface area contributed by atoms with Crippen molar-refractivity contribution in [3.8, 4) is 0 Å². The zero-order valence-corrected chi connectivity index (χ0v) is 26.5.